The van der Waals surface area contributed by atoms with Crippen molar-refractivity contribution >= 4 is 46.9 Å². The minimum Gasteiger partial charge on any atom is -0.457 e. The molecule has 1 saturated heterocycles. The van der Waals surface area contributed by atoms with Crippen molar-refractivity contribution in [3.05, 3.63) is 71.8 Å². The molecule has 2 aromatic rings. The van der Waals surface area contributed by atoms with Crippen LogP contribution in [0.15, 0.2) is 60.7 Å². The largest absolute Gasteiger partial charge is 0.457 e. The zero-order valence-electron chi connectivity index (χ0n) is 28.7. The van der Waals surface area contributed by atoms with Crippen LogP contribution in [0.4, 0.5) is 4.79 Å². The Hall–Kier alpha value is -2.15. The van der Waals surface area contributed by atoms with Gasteiger partial charge in [-0.1, -0.05) is 160 Å². The summed E-state index contributed by atoms with van der Waals surface area (Å²) >= 11 is 17.2. The summed E-state index contributed by atoms with van der Waals surface area (Å²) in [5, 5.41) is 23.8. The summed E-state index contributed by atoms with van der Waals surface area (Å²) in [4.78, 5) is 26.4. The number of alkyl carbamates (subject to hydrolysis) is 1. The highest BCUT2D eigenvalue weighted by Crippen LogP contribution is 2.28. The van der Waals surface area contributed by atoms with Crippen molar-refractivity contribution in [2.75, 3.05) is 13.2 Å². The molecule has 3 N–H and O–H groups in total. The van der Waals surface area contributed by atoms with Gasteiger partial charge >= 0.3 is 12.1 Å². The van der Waals surface area contributed by atoms with E-state index in [2.05, 4.69) is 12.2 Å². The number of hydrogen-bond donors (Lipinski definition) is 3. The lowest BCUT2D eigenvalue weighted by Crippen LogP contribution is -2.66. The molecule has 1 amide bonds. The summed E-state index contributed by atoms with van der Waals surface area (Å²) in [5.41, 5.74) is 1.77. The topological polar surface area (TPSA) is 133 Å². The van der Waals surface area contributed by atoms with Crippen LogP contribution in [0.2, 0.25) is 0 Å². The maximum absolute atomic E-state index is 13.6. The molecular formula is C37H52Cl3NO9. The number of halogens is 3. The molecule has 1 heterocycles. The summed E-state index contributed by atoms with van der Waals surface area (Å²) in [7, 11) is 0. The van der Waals surface area contributed by atoms with Crippen molar-refractivity contribution in [2.24, 2.45) is 0 Å². The normalized spacial score (nSPS) is 21.4. The number of benzene rings is 2. The molecule has 50 heavy (non-hydrogen) atoms. The number of aliphatic hydroxyl groups is 2. The summed E-state index contributed by atoms with van der Waals surface area (Å²) in [5.74, 6) is -0.662. The van der Waals surface area contributed by atoms with Crippen LogP contribution < -0.4 is 5.32 Å². The number of carbonyl (C=O) groups is 2. The number of unbranched alkanes of at least 4 members (excludes halogenated alkanes) is 8. The minimum atomic E-state index is -1.87. The Kier molecular flexibility index (Phi) is 19.8. The summed E-state index contributed by atoms with van der Waals surface area (Å²) in [6, 6.07) is 17.6. The van der Waals surface area contributed by atoms with E-state index in [0.29, 0.717) is 13.0 Å². The summed E-state index contributed by atoms with van der Waals surface area (Å²) in [6.45, 7) is 1.40. The average Bonchev–Trinajstić information content (AvgIpc) is 3.10. The van der Waals surface area contributed by atoms with Crippen LogP contribution in [0.1, 0.15) is 88.7 Å². The molecule has 0 aliphatic carbocycles. The lowest BCUT2D eigenvalue weighted by atomic mass is 9.96. The van der Waals surface area contributed by atoms with E-state index < -0.39 is 65.8 Å². The van der Waals surface area contributed by atoms with Crippen molar-refractivity contribution in [3.8, 4) is 0 Å². The van der Waals surface area contributed by atoms with Crippen LogP contribution in [0, 0.1) is 0 Å². The third kappa shape index (κ3) is 16.5. The monoisotopic (exact) mass is 759 g/mol. The fourth-order valence-corrected chi connectivity index (χ4v) is 5.85. The molecule has 1 aliphatic rings. The number of ether oxygens (including phenoxy) is 5. The highest BCUT2D eigenvalue weighted by molar-refractivity contribution is 6.67. The Morgan fingerprint density at radius 2 is 1.46 bits per heavy atom. The third-order valence-electron chi connectivity index (χ3n) is 8.38. The van der Waals surface area contributed by atoms with E-state index in [1.165, 1.54) is 38.5 Å². The van der Waals surface area contributed by atoms with Gasteiger partial charge in [0.1, 0.15) is 24.9 Å². The quantitative estimate of drug-likeness (QED) is 0.0632. The molecule has 2 aromatic carbocycles. The molecule has 1 aliphatic heterocycles. The smallest absolute Gasteiger partial charge is 0.407 e. The lowest BCUT2D eigenvalue weighted by molar-refractivity contribution is -0.276. The van der Waals surface area contributed by atoms with E-state index in [9.17, 15) is 19.8 Å². The van der Waals surface area contributed by atoms with Gasteiger partial charge in [-0.05, 0) is 17.5 Å². The highest BCUT2D eigenvalue weighted by atomic mass is 35.6. The first-order valence-corrected chi connectivity index (χ1v) is 18.7. The van der Waals surface area contributed by atoms with Crippen LogP contribution in [-0.2, 0) is 41.7 Å². The molecule has 0 spiro atoms. The van der Waals surface area contributed by atoms with Gasteiger partial charge in [-0.2, -0.15) is 0 Å². The minimum absolute atomic E-state index is 0.0515. The molecule has 0 saturated carbocycles. The molecule has 3 rings (SSSR count). The van der Waals surface area contributed by atoms with E-state index in [-0.39, 0.29) is 13.0 Å². The van der Waals surface area contributed by atoms with Crippen molar-refractivity contribution in [3.63, 3.8) is 0 Å². The van der Waals surface area contributed by atoms with E-state index in [1.807, 2.05) is 60.7 Å². The Morgan fingerprint density at radius 1 is 0.880 bits per heavy atom. The van der Waals surface area contributed by atoms with Crippen molar-refractivity contribution < 1.29 is 43.5 Å². The Balaban J connectivity index is 1.70. The molecule has 1 fully saturated rings. The molecule has 6 atom stereocenters. The van der Waals surface area contributed by atoms with Gasteiger partial charge in [-0.3, -0.25) is 4.79 Å². The van der Waals surface area contributed by atoms with E-state index in [0.717, 1.165) is 30.4 Å². The first-order valence-electron chi connectivity index (χ1n) is 17.5. The number of amides is 1. The molecule has 280 valence electrons. The van der Waals surface area contributed by atoms with Gasteiger partial charge in [0, 0.05) is 0 Å². The van der Waals surface area contributed by atoms with E-state index in [1.54, 1.807) is 0 Å². The molecule has 0 radical (unpaired) electrons. The number of alkyl halides is 3. The lowest BCUT2D eigenvalue weighted by Gasteiger charge is -2.43. The van der Waals surface area contributed by atoms with Gasteiger partial charge in [-0.25, -0.2) is 4.79 Å². The number of esters is 1. The second-order valence-electron chi connectivity index (χ2n) is 12.6. The third-order valence-corrected chi connectivity index (χ3v) is 8.71. The first-order chi connectivity index (χ1) is 24.1. The number of rotatable bonds is 22. The SMILES string of the molecule is CCCCCCCCCCC[C@H](CC(=O)O[C@H]1[C@H](O)[C@@H](CO)O[C@H](OCc2ccccc2)[C@H]1NC(=O)OCC(Cl)(Cl)Cl)OCc1ccccc1. The predicted octanol–water partition coefficient (Wildman–Crippen LogP) is 7.55. The van der Waals surface area contributed by atoms with Crippen molar-refractivity contribution in [1.82, 2.24) is 5.32 Å². The maximum Gasteiger partial charge on any atom is 0.407 e. The molecular weight excluding hydrogens is 709 g/mol. The zero-order valence-corrected chi connectivity index (χ0v) is 31.0. The molecule has 13 heteroatoms. The predicted molar refractivity (Wildman–Crippen MR) is 193 cm³/mol. The van der Waals surface area contributed by atoms with Crippen molar-refractivity contribution in [1.29, 1.82) is 0 Å². The second kappa shape index (κ2) is 23.4. The van der Waals surface area contributed by atoms with Crippen molar-refractivity contribution in [2.45, 2.75) is 131 Å². The fraction of sp³-hybridized carbons (Fsp3) is 0.622. The van der Waals surface area contributed by atoms with Crippen LogP contribution in [0.25, 0.3) is 0 Å². The van der Waals surface area contributed by atoms with Gasteiger partial charge < -0.3 is 39.2 Å². The Morgan fingerprint density at radius 3 is 2.04 bits per heavy atom. The number of aliphatic hydroxyl groups excluding tert-OH is 2. The zero-order chi connectivity index (χ0) is 36.2. The Bertz CT molecular complexity index is 1220. The number of nitrogens with one attached hydrogen (secondary N) is 1. The van der Waals surface area contributed by atoms with Crippen LogP contribution in [0.5, 0.6) is 0 Å². The standard InChI is InChI=1S/C37H52Cl3NO9/c1-2-3-4-5-6-7-8-9-16-21-29(46-24-27-17-12-10-13-18-27)22-31(43)50-34-32(41-36(45)48-26-37(38,39)40)35(49-30(23-42)33(34)44)47-25-28-19-14-11-15-20-28/h10-15,17-20,29-30,32-35,42,44H,2-9,16,21-26H2,1H3,(H,41,45)/t29-,30-,32+,33-,34-,35+/m1/s1. The number of carbonyl (C=O) groups excluding carboxylic acids is 2. The van der Waals surface area contributed by atoms with Gasteiger partial charge in [0.15, 0.2) is 12.4 Å². The molecule has 0 aromatic heterocycles. The Labute approximate surface area is 311 Å². The number of hydrogen-bond acceptors (Lipinski definition) is 9. The molecule has 10 nitrogen and oxygen atoms in total. The van der Waals surface area contributed by atoms with Gasteiger partial charge in [-0.15, -0.1) is 0 Å². The molecule has 0 unspecified atom stereocenters. The highest BCUT2D eigenvalue weighted by Gasteiger charge is 2.49. The first kappa shape index (κ1) is 42.3. The van der Waals surface area contributed by atoms with Crippen LogP contribution in [-0.4, -0.2) is 76.0 Å². The van der Waals surface area contributed by atoms with Crippen LogP contribution >= 0.6 is 34.8 Å². The molecule has 0 bridgehead atoms. The maximum atomic E-state index is 13.6. The fourth-order valence-electron chi connectivity index (χ4n) is 5.68. The van der Waals surface area contributed by atoms with E-state index in [4.69, 9.17) is 58.5 Å². The van der Waals surface area contributed by atoms with Gasteiger partial charge in [0.05, 0.1) is 32.3 Å². The summed E-state index contributed by atoms with van der Waals surface area (Å²) < 4.78 is 27.1. The average molecular weight is 761 g/mol. The second-order valence-corrected chi connectivity index (χ2v) is 15.1. The van der Waals surface area contributed by atoms with E-state index >= 15 is 0 Å². The van der Waals surface area contributed by atoms with Crippen LogP contribution in [0.3, 0.4) is 0 Å². The van der Waals surface area contributed by atoms with Gasteiger partial charge in [0.25, 0.3) is 0 Å². The van der Waals surface area contributed by atoms with Gasteiger partial charge in [0.2, 0.25) is 3.79 Å². The summed E-state index contributed by atoms with van der Waals surface area (Å²) in [6.07, 6.45) is 4.17.